The van der Waals surface area contributed by atoms with Gasteiger partial charge in [0.25, 0.3) is 0 Å². The maximum atomic E-state index is 14.5. The quantitative estimate of drug-likeness (QED) is 0.754. The highest BCUT2D eigenvalue weighted by Gasteiger charge is 2.33. The molecule has 2 aromatic heterocycles. The number of pyridine rings is 2. The number of rotatable bonds is 2. The van der Waals surface area contributed by atoms with E-state index in [1.54, 1.807) is 0 Å². The maximum absolute atomic E-state index is 14.5. The molecule has 0 radical (unpaired) electrons. The molecule has 23 heavy (non-hydrogen) atoms. The molecule has 4 rings (SSSR count). The molecule has 2 aliphatic heterocycles. The number of nitrogens with one attached hydrogen (secondary N) is 2. The number of carboxylic acid groups (broad SMARTS) is 1. The molecule has 0 spiro atoms. The molecule has 0 aromatic carbocycles. The Hall–Kier alpha value is -2.48. The van der Waals surface area contributed by atoms with Gasteiger partial charge in [-0.1, -0.05) is 0 Å². The largest absolute Gasteiger partial charge is 0.477 e. The van der Waals surface area contributed by atoms with Crippen molar-refractivity contribution in [2.45, 2.75) is 24.9 Å². The molecule has 2 atom stereocenters. The molecule has 8 heteroatoms. The SMILES string of the molecule is O=C(O)c1c[nH]c2nc(N3CC4CCC(C3)N4)c(F)cc2c1=O. The first-order chi connectivity index (χ1) is 11.0. The van der Waals surface area contributed by atoms with Crippen LogP contribution in [0.4, 0.5) is 10.2 Å². The summed E-state index contributed by atoms with van der Waals surface area (Å²) in [6.07, 6.45) is 3.23. The van der Waals surface area contributed by atoms with E-state index in [9.17, 15) is 14.0 Å². The number of fused-ring (bicyclic) bond motifs is 3. The lowest BCUT2D eigenvalue weighted by Gasteiger charge is -2.33. The van der Waals surface area contributed by atoms with Crippen molar-refractivity contribution in [1.82, 2.24) is 15.3 Å². The second-order valence-electron chi connectivity index (χ2n) is 6.07. The molecule has 2 aliphatic rings. The number of hydrogen-bond acceptors (Lipinski definition) is 5. The summed E-state index contributed by atoms with van der Waals surface area (Å²) in [5.74, 6) is -1.75. The molecular formula is C15H15FN4O3. The van der Waals surface area contributed by atoms with Crippen LogP contribution < -0.4 is 15.6 Å². The van der Waals surface area contributed by atoms with Crippen LogP contribution >= 0.6 is 0 Å². The van der Waals surface area contributed by atoms with Crippen molar-refractivity contribution >= 4 is 22.8 Å². The summed E-state index contributed by atoms with van der Waals surface area (Å²) in [6, 6.07) is 1.74. The van der Waals surface area contributed by atoms with E-state index in [2.05, 4.69) is 15.3 Å². The highest BCUT2D eigenvalue weighted by Crippen LogP contribution is 2.27. The Labute approximate surface area is 130 Å². The zero-order chi connectivity index (χ0) is 16.1. The predicted molar refractivity (Wildman–Crippen MR) is 81.4 cm³/mol. The van der Waals surface area contributed by atoms with Gasteiger partial charge < -0.3 is 20.3 Å². The van der Waals surface area contributed by atoms with Gasteiger partial charge in [0.15, 0.2) is 11.6 Å². The number of H-pyrrole nitrogens is 1. The molecule has 0 aliphatic carbocycles. The summed E-state index contributed by atoms with van der Waals surface area (Å²) in [5, 5.41) is 12.4. The molecule has 0 amide bonds. The average molecular weight is 318 g/mol. The fraction of sp³-hybridized carbons (Fsp3) is 0.400. The van der Waals surface area contributed by atoms with Crippen LogP contribution in [0.3, 0.4) is 0 Å². The molecule has 2 fully saturated rings. The molecule has 3 N–H and O–H groups in total. The number of hydrogen-bond donors (Lipinski definition) is 3. The number of aromatic carboxylic acids is 1. The second-order valence-corrected chi connectivity index (χ2v) is 6.07. The monoisotopic (exact) mass is 318 g/mol. The Morgan fingerprint density at radius 1 is 1.35 bits per heavy atom. The van der Waals surface area contributed by atoms with Crippen LogP contribution in [0, 0.1) is 5.82 Å². The molecule has 2 aromatic rings. The summed E-state index contributed by atoms with van der Waals surface area (Å²) in [4.78, 5) is 31.9. The number of aromatic nitrogens is 2. The van der Waals surface area contributed by atoms with Crippen LogP contribution in [0.25, 0.3) is 11.0 Å². The van der Waals surface area contributed by atoms with Gasteiger partial charge in [-0.05, 0) is 18.9 Å². The number of anilines is 1. The zero-order valence-corrected chi connectivity index (χ0v) is 12.2. The first-order valence-electron chi connectivity index (χ1n) is 7.49. The van der Waals surface area contributed by atoms with Crippen molar-refractivity contribution in [3.63, 3.8) is 0 Å². The summed E-state index contributed by atoms with van der Waals surface area (Å²) in [7, 11) is 0. The van der Waals surface area contributed by atoms with Gasteiger partial charge in [-0.15, -0.1) is 0 Å². The first-order valence-corrected chi connectivity index (χ1v) is 7.49. The summed E-state index contributed by atoms with van der Waals surface area (Å²) in [6.45, 7) is 1.34. The highest BCUT2D eigenvalue weighted by molar-refractivity contribution is 5.91. The minimum absolute atomic E-state index is 0.0516. The predicted octanol–water partition coefficient (Wildman–Crippen LogP) is 0.701. The third-order valence-electron chi connectivity index (χ3n) is 4.55. The number of carboxylic acids is 1. The fourth-order valence-corrected chi connectivity index (χ4v) is 3.46. The van der Waals surface area contributed by atoms with Crippen molar-refractivity contribution in [2.24, 2.45) is 0 Å². The molecule has 7 nitrogen and oxygen atoms in total. The second kappa shape index (κ2) is 5.02. The van der Waals surface area contributed by atoms with Crippen LogP contribution in [-0.2, 0) is 0 Å². The van der Waals surface area contributed by atoms with Gasteiger partial charge in [-0.3, -0.25) is 4.79 Å². The molecule has 4 heterocycles. The minimum atomic E-state index is -1.35. The fourth-order valence-electron chi connectivity index (χ4n) is 3.46. The summed E-state index contributed by atoms with van der Waals surface area (Å²) < 4.78 is 14.5. The highest BCUT2D eigenvalue weighted by atomic mass is 19.1. The normalized spacial score (nSPS) is 23.4. The molecule has 2 unspecified atom stereocenters. The van der Waals surface area contributed by atoms with E-state index in [-0.39, 0.29) is 16.9 Å². The molecule has 120 valence electrons. The van der Waals surface area contributed by atoms with Gasteiger partial charge in [-0.25, -0.2) is 14.2 Å². The van der Waals surface area contributed by atoms with Crippen LogP contribution in [0.15, 0.2) is 17.1 Å². The van der Waals surface area contributed by atoms with E-state index in [1.165, 1.54) is 0 Å². The van der Waals surface area contributed by atoms with E-state index in [1.807, 2.05) is 4.90 Å². The zero-order valence-electron chi connectivity index (χ0n) is 12.2. The van der Waals surface area contributed by atoms with Gasteiger partial charge in [-0.2, -0.15) is 0 Å². The Kier molecular flexibility index (Phi) is 3.08. The van der Waals surface area contributed by atoms with Crippen LogP contribution in [-0.4, -0.2) is 46.2 Å². The Bertz CT molecular complexity index is 854. The van der Waals surface area contributed by atoms with Crippen molar-refractivity contribution in [3.8, 4) is 0 Å². The van der Waals surface area contributed by atoms with Gasteiger partial charge >= 0.3 is 5.97 Å². The smallest absolute Gasteiger partial charge is 0.341 e. The van der Waals surface area contributed by atoms with Crippen LogP contribution in [0.1, 0.15) is 23.2 Å². The summed E-state index contributed by atoms with van der Waals surface area (Å²) in [5.41, 5.74) is -0.960. The van der Waals surface area contributed by atoms with Crippen molar-refractivity contribution < 1.29 is 14.3 Å². The lowest BCUT2D eigenvalue weighted by atomic mass is 10.2. The number of aromatic amines is 1. The van der Waals surface area contributed by atoms with E-state index >= 15 is 0 Å². The van der Waals surface area contributed by atoms with Crippen molar-refractivity contribution in [2.75, 3.05) is 18.0 Å². The van der Waals surface area contributed by atoms with E-state index < -0.39 is 22.8 Å². The topological polar surface area (TPSA) is 98.3 Å². The van der Waals surface area contributed by atoms with Gasteiger partial charge in [0.2, 0.25) is 5.43 Å². The molecular weight excluding hydrogens is 303 g/mol. The van der Waals surface area contributed by atoms with Gasteiger partial charge in [0.05, 0.1) is 5.39 Å². The van der Waals surface area contributed by atoms with Crippen molar-refractivity contribution in [1.29, 1.82) is 0 Å². The number of carbonyl (C=O) groups is 1. The van der Waals surface area contributed by atoms with Gasteiger partial charge in [0.1, 0.15) is 11.2 Å². The van der Waals surface area contributed by atoms with Crippen molar-refractivity contribution in [3.05, 3.63) is 33.9 Å². The van der Waals surface area contributed by atoms with Gasteiger partial charge in [0, 0.05) is 31.4 Å². The Balaban J connectivity index is 1.80. The van der Waals surface area contributed by atoms with E-state index in [4.69, 9.17) is 5.11 Å². The molecule has 2 saturated heterocycles. The Morgan fingerprint density at radius 3 is 2.70 bits per heavy atom. The standard InChI is InChI=1S/C15H15FN4O3/c16-11-3-9-12(21)10(15(22)23)4-17-13(9)19-14(11)20-5-7-1-2-8(6-20)18-7/h3-4,7-8,18H,1-2,5-6H2,(H,22,23)(H,17,19,21). The number of nitrogens with zero attached hydrogens (tertiary/aromatic N) is 2. The third-order valence-corrected chi connectivity index (χ3v) is 4.55. The summed E-state index contributed by atoms with van der Waals surface area (Å²) >= 11 is 0. The number of halogens is 1. The van der Waals surface area contributed by atoms with Crippen LogP contribution in [0.2, 0.25) is 0 Å². The third kappa shape index (κ3) is 2.26. The lowest BCUT2D eigenvalue weighted by Crippen LogP contribution is -2.51. The number of piperazine rings is 1. The average Bonchev–Trinajstić information content (AvgIpc) is 2.85. The molecule has 2 bridgehead atoms. The molecule has 0 saturated carbocycles. The van der Waals surface area contributed by atoms with E-state index in [0.29, 0.717) is 25.2 Å². The first kappa shape index (κ1) is 14.1. The van der Waals surface area contributed by atoms with E-state index in [0.717, 1.165) is 25.1 Å². The lowest BCUT2D eigenvalue weighted by molar-refractivity contribution is 0.0695. The minimum Gasteiger partial charge on any atom is -0.477 e. The van der Waals surface area contributed by atoms with Crippen LogP contribution in [0.5, 0.6) is 0 Å². The maximum Gasteiger partial charge on any atom is 0.341 e. The Morgan fingerprint density at radius 2 is 2.04 bits per heavy atom.